The van der Waals surface area contributed by atoms with Crippen LogP contribution >= 0.6 is 0 Å². The summed E-state index contributed by atoms with van der Waals surface area (Å²) < 4.78 is 19.6. The second-order valence-electron chi connectivity index (χ2n) is 5.74. The van der Waals surface area contributed by atoms with E-state index in [0.717, 1.165) is 22.9 Å². The van der Waals surface area contributed by atoms with E-state index < -0.39 is 22.2 Å². The summed E-state index contributed by atoms with van der Waals surface area (Å²) in [4.78, 5) is 34.0. The lowest BCUT2D eigenvalue weighted by molar-refractivity contribution is -0.385. The molecule has 0 saturated heterocycles. The molecule has 28 heavy (non-hydrogen) atoms. The third kappa shape index (κ3) is 4.79. The van der Waals surface area contributed by atoms with Crippen LogP contribution in [0.3, 0.4) is 0 Å². The summed E-state index contributed by atoms with van der Waals surface area (Å²) in [6.07, 6.45) is 1.01. The van der Waals surface area contributed by atoms with Crippen LogP contribution in [0.15, 0.2) is 71.7 Å². The minimum atomic E-state index is -0.648. The number of halogens is 1. The van der Waals surface area contributed by atoms with Crippen molar-refractivity contribution in [2.24, 2.45) is 0 Å². The summed E-state index contributed by atoms with van der Waals surface area (Å²) in [5.41, 5.74) is -0.374. The van der Waals surface area contributed by atoms with Crippen molar-refractivity contribution >= 4 is 17.3 Å². The van der Waals surface area contributed by atoms with Gasteiger partial charge in [-0.25, -0.2) is 4.39 Å². The minimum absolute atomic E-state index is 0.286. The Kier molecular flexibility index (Phi) is 5.45. The number of carbonyl (C=O) groups excluding carboxylic acids is 1. The third-order valence-corrected chi connectivity index (χ3v) is 3.66. The molecule has 1 N–H and O–H groups in total. The molecular formula is C19H14FN3O5. The second kappa shape index (κ2) is 8.12. The van der Waals surface area contributed by atoms with Gasteiger partial charge in [0.25, 0.3) is 11.2 Å². The standard InChI is InChI=1S/C19H14FN3O5/c20-13-2-1-3-17(10-13)28-16-7-4-14(5-8-16)21-18(24)12-22-11-15(23(26)27)6-9-19(22)25/h1-11H,12H2,(H,21,24). The molecule has 0 bridgehead atoms. The number of pyridine rings is 1. The number of anilines is 1. The number of nitrogens with zero attached hydrogens (tertiary/aromatic N) is 2. The zero-order valence-corrected chi connectivity index (χ0v) is 14.4. The first-order valence-electron chi connectivity index (χ1n) is 8.09. The predicted octanol–water partition coefficient (Wildman–Crippen LogP) is 3.33. The van der Waals surface area contributed by atoms with Crippen LogP contribution in [-0.2, 0) is 11.3 Å². The molecule has 2 aromatic carbocycles. The van der Waals surface area contributed by atoms with Crippen LogP contribution in [-0.4, -0.2) is 15.4 Å². The van der Waals surface area contributed by atoms with Crippen molar-refractivity contribution in [3.05, 3.63) is 93.1 Å². The quantitative estimate of drug-likeness (QED) is 0.519. The number of carbonyl (C=O) groups is 1. The van der Waals surface area contributed by atoms with Crippen LogP contribution in [0.2, 0.25) is 0 Å². The van der Waals surface area contributed by atoms with Crippen molar-refractivity contribution in [2.45, 2.75) is 6.54 Å². The molecule has 0 aliphatic carbocycles. The summed E-state index contributed by atoms with van der Waals surface area (Å²) in [6.45, 7) is -0.373. The maximum absolute atomic E-state index is 13.2. The lowest BCUT2D eigenvalue weighted by Crippen LogP contribution is -2.26. The highest BCUT2D eigenvalue weighted by Gasteiger charge is 2.11. The van der Waals surface area contributed by atoms with Gasteiger partial charge < -0.3 is 10.1 Å². The van der Waals surface area contributed by atoms with E-state index in [4.69, 9.17) is 4.74 Å². The maximum atomic E-state index is 13.2. The fourth-order valence-electron chi connectivity index (χ4n) is 2.38. The summed E-state index contributed by atoms with van der Waals surface area (Å²) >= 11 is 0. The van der Waals surface area contributed by atoms with E-state index in [2.05, 4.69) is 5.32 Å². The van der Waals surface area contributed by atoms with Gasteiger partial charge in [-0.1, -0.05) is 6.07 Å². The van der Waals surface area contributed by atoms with Gasteiger partial charge in [0.1, 0.15) is 23.9 Å². The SMILES string of the molecule is O=C(Cn1cc([N+](=O)[O-])ccc1=O)Nc1ccc(Oc2cccc(F)c2)cc1. The van der Waals surface area contributed by atoms with E-state index in [1.165, 1.54) is 18.2 Å². The Labute approximate surface area is 158 Å². The summed E-state index contributed by atoms with van der Waals surface area (Å²) in [7, 11) is 0. The third-order valence-electron chi connectivity index (χ3n) is 3.66. The molecule has 0 atom stereocenters. The van der Waals surface area contributed by atoms with Gasteiger partial charge in [0.05, 0.1) is 11.1 Å². The van der Waals surface area contributed by atoms with Crippen molar-refractivity contribution in [1.82, 2.24) is 4.57 Å². The van der Waals surface area contributed by atoms with Gasteiger partial charge in [-0.2, -0.15) is 0 Å². The van der Waals surface area contributed by atoms with E-state index in [9.17, 15) is 24.1 Å². The normalized spacial score (nSPS) is 10.3. The largest absolute Gasteiger partial charge is 0.457 e. The molecular weight excluding hydrogens is 369 g/mol. The minimum Gasteiger partial charge on any atom is -0.457 e. The number of amides is 1. The number of nitrogens with one attached hydrogen (secondary N) is 1. The molecule has 0 fully saturated rings. The average Bonchev–Trinajstić information content (AvgIpc) is 2.65. The summed E-state index contributed by atoms with van der Waals surface area (Å²) in [5, 5.41) is 13.4. The zero-order valence-electron chi connectivity index (χ0n) is 14.4. The van der Waals surface area contributed by atoms with Gasteiger partial charge in [0.15, 0.2) is 0 Å². The Bertz CT molecular complexity index is 1080. The molecule has 9 heteroatoms. The van der Waals surface area contributed by atoms with Gasteiger partial charge in [-0.3, -0.25) is 24.3 Å². The molecule has 142 valence electrons. The maximum Gasteiger partial charge on any atom is 0.285 e. The monoisotopic (exact) mass is 383 g/mol. The number of rotatable bonds is 6. The average molecular weight is 383 g/mol. The zero-order chi connectivity index (χ0) is 20.1. The Morgan fingerprint density at radius 1 is 1.11 bits per heavy atom. The predicted molar refractivity (Wildman–Crippen MR) is 98.9 cm³/mol. The van der Waals surface area contributed by atoms with Crippen LogP contribution in [0, 0.1) is 15.9 Å². The van der Waals surface area contributed by atoms with E-state index >= 15 is 0 Å². The lowest BCUT2D eigenvalue weighted by Gasteiger charge is -2.09. The fourth-order valence-corrected chi connectivity index (χ4v) is 2.38. The Morgan fingerprint density at radius 3 is 2.54 bits per heavy atom. The van der Waals surface area contributed by atoms with Crippen LogP contribution in [0.25, 0.3) is 0 Å². The highest BCUT2D eigenvalue weighted by atomic mass is 19.1. The molecule has 1 heterocycles. The molecule has 0 radical (unpaired) electrons. The molecule has 3 aromatic rings. The van der Waals surface area contributed by atoms with Crippen LogP contribution in [0.1, 0.15) is 0 Å². The van der Waals surface area contributed by atoms with Gasteiger partial charge >= 0.3 is 0 Å². The number of hydrogen-bond donors (Lipinski definition) is 1. The van der Waals surface area contributed by atoms with Gasteiger partial charge in [-0.15, -0.1) is 0 Å². The first-order valence-corrected chi connectivity index (χ1v) is 8.09. The van der Waals surface area contributed by atoms with E-state index in [1.807, 2.05) is 0 Å². The molecule has 0 aliphatic rings. The number of ether oxygens (including phenoxy) is 1. The Hall–Kier alpha value is -4.01. The summed E-state index contributed by atoms with van der Waals surface area (Å²) in [6, 6.07) is 14.1. The van der Waals surface area contributed by atoms with Crippen molar-refractivity contribution in [1.29, 1.82) is 0 Å². The smallest absolute Gasteiger partial charge is 0.285 e. The first-order chi connectivity index (χ1) is 13.4. The highest BCUT2D eigenvalue weighted by molar-refractivity contribution is 5.90. The topological polar surface area (TPSA) is 103 Å². The molecule has 0 unspecified atom stereocenters. The Morgan fingerprint density at radius 2 is 1.86 bits per heavy atom. The summed E-state index contributed by atoms with van der Waals surface area (Å²) in [5.74, 6) is -0.167. The van der Waals surface area contributed by atoms with Crippen molar-refractivity contribution in [3.63, 3.8) is 0 Å². The van der Waals surface area contributed by atoms with Crippen molar-refractivity contribution in [2.75, 3.05) is 5.32 Å². The van der Waals surface area contributed by atoms with Gasteiger partial charge in [0.2, 0.25) is 5.91 Å². The lowest BCUT2D eigenvalue weighted by atomic mass is 10.3. The van der Waals surface area contributed by atoms with E-state index in [0.29, 0.717) is 17.2 Å². The fraction of sp³-hybridized carbons (Fsp3) is 0.0526. The second-order valence-corrected chi connectivity index (χ2v) is 5.74. The molecule has 1 aromatic heterocycles. The van der Waals surface area contributed by atoms with Crippen LogP contribution in [0.5, 0.6) is 11.5 Å². The van der Waals surface area contributed by atoms with Crippen molar-refractivity contribution in [3.8, 4) is 11.5 Å². The molecule has 3 rings (SSSR count). The van der Waals surface area contributed by atoms with Crippen molar-refractivity contribution < 1.29 is 18.8 Å². The number of hydrogen-bond acceptors (Lipinski definition) is 5. The Balaban J connectivity index is 1.64. The molecule has 1 amide bonds. The van der Waals surface area contributed by atoms with Crippen LogP contribution in [0.4, 0.5) is 15.8 Å². The van der Waals surface area contributed by atoms with E-state index in [1.54, 1.807) is 30.3 Å². The van der Waals surface area contributed by atoms with Gasteiger partial charge in [-0.05, 0) is 36.4 Å². The number of aromatic nitrogens is 1. The van der Waals surface area contributed by atoms with Gasteiger partial charge in [0, 0.05) is 23.9 Å². The first kappa shape index (κ1) is 18.8. The molecule has 0 saturated carbocycles. The molecule has 0 aliphatic heterocycles. The van der Waals surface area contributed by atoms with E-state index in [-0.39, 0.29) is 12.2 Å². The number of benzene rings is 2. The highest BCUT2D eigenvalue weighted by Crippen LogP contribution is 2.23. The molecule has 0 spiro atoms. The molecule has 8 nitrogen and oxygen atoms in total. The van der Waals surface area contributed by atoms with Crippen LogP contribution < -0.4 is 15.6 Å². The number of nitro groups is 1.